The van der Waals surface area contributed by atoms with Crippen molar-refractivity contribution < 1.29 is 14.1 Å². The van der Waals surface area contributed by atoms with Crippen LogP contribution in [0.15, 0.2) is 34.9 Å². The van der Waals surface area contributed by atoms with E-state index in [1.165, 1.54) is 5.56 Å². The van der Waals surface area contributed by atoms with Crippen LogP contribution in [0.4, 0.5) is 0 Å². The molecule has 0 aliphatic carbocycles. The quantitative estimate of drug-likeness (QED) is 0.809. The number of aromatic nitrogens is 1. The fraction of sp³-hybridized carbons (Fsp3) is 0.524. The number of benzene rings is 1. The smallest absolute Gasteiger partial charge is 0.292 e. The minimum absolute atomic E-state index is 0.0165. The molecule has 1 atom stereocenters. The molecule has 1 aromatic heterocycles. The molecule has 0 bridgehead atoms. The van der Waals surface area contributed by atoms with Crippen LogP contribution in [0.5, 0.6) is 5.75 Å². The number of amides is 1. The summed E-state index contributed by atoms with van der Waals surface area (Å²) in [7, 11) is 1.69. The van der Waals surface area contributed by atoms with E-state index in [1.54, 1.807) is 7.11 Å². The van der Waals surface area contributed by atoms with E-state index in [9.17, 15) is 4.79 Å². The first-order valence-corrected chi connectivity index (χ1v) is 9.84. The molecule has 0 unspecified atom stereocenters. The summed E-state index contributed by atoms with van der Waals surface area (Å²) in [5.41, 5.74) is 2.19. The molecule has 2 aromatic rings. The molecule has 0 saturated carbocycles. The van der Waals surface area contributed by atoms with Gasteiger partial charge >= 0.3 is 0 Å². The zero-order valence-corrected chi connectivity index (χ0v) is 15.9. The lowest BCUT2D eigenvalue weighted by Crippen LogP contribution is -2.34. The first-order chi connectivity index (χ1) is 13.2. The van der Waals surface area contributed by atoms with E-state index < -0.39 is 0 Å². The number of carbonyl (C=O) groups is 1. The summed E-state index contributed by atoms with van der Waals surface area (Å²) in [5.74, 6) is 1.57. The van der Waals surface area contributed by atoms with Crippen molar-refractivity contribution in [1.29, 1.82) is 0 Å². The van der Waals surface area contributed by atoms with Gasteiger partial charge in [0.15, 0.2) is 0 Å². The Morgan fingerprint density at radius 2 is 1.96 bits per heavy atom. The van der Waals surface area contributed by atoms with E-state index in [1.807, 2.05) is 23.1 Å². The van der Waals surface area contributed by atoms with Crippen LogP contribution < -0.4 is 4.74 Å². The zero-order chi connectivity index (χ0) is 18.6. The van der Waals surface area contributed by atoms with Crippen LogP contribution >= 0.6 is 0 Å². The van der Waals surface area contributed by atoms with E-state index in [-0.39, 0.29) is 5.91 Å². The normalized spacial score (nSPS) is 20.8. The summed E-state index contributed by atoms with van der Waals surface area (Å²) in [6, 6.07) is 10.1. The molecule has 6 heteroatoms. The lowest BCUT2D eigenvalue weighted by atomic mass is 9.94. The van der Waals surface area contributed by atoms with Gasteiger partial charge in [-0.25, -0.2) is 0 Å². The summed E-state index contributed by atoms with van der Waals surface area (Å²) in [6.45, 7) is 4.59. The zero-order valence-electron chi connectivity index (χ0n) is 15.9. The highest BCUT2D eigenvalue weighted by Gasteiger charge is 2.27. The van der Waals surface area contributed by atoms with Gasteiger partial charge in [-0.2, -0.15) is 0 Å². The topological polar surface area (TPSA) is 58.8 Å². The van der Waals surface area contributed by atoms with E-state index in [0.29, 0.717) is 11.7 Å². The van der Waals surface area contributed by atoms with Crippen molar-refractivity contribution in [1.82, 2.24) is 15.0 Å². The molecule has 1 amide bonds. The fourth-order valence-corrected chi connectivity index (χ4v) is 4.09. The maximum Gasteiger partial charge on any atom is 0.292 e. The summed E-state index contributed by atoms with van der Waals surface area (Å²) >= 11 is 0. The standard InChI is InChI=1S/C21H27N3O3/c1-26-18-8-6-16(7-9-18)14-23-10-4-5-17(15-23)19-13-20(27-22-19)21(25)24-11-2-3-12-24/h6-9,13,17H,2-5,10-12,14-15H2,1H3/t17-/m1/s1. The number of hydrogen-bond donors (Lipinski definition) is 0. The number of carbonyl (C=O) groups excluding carboxylic acids is 1. The predicted molar refractivity (Wildman–Crippen MR) is 102 cm³/mol. The average molecular weight is 369 g/mol. The number of rotatable bonds is 5. The molecule has 4 rings (SSSR count). The van der Waals surface area contributed by atoms with Crippen LogP contribution in [-0.4, -0.2) is 54.2 Å². The molecule has 2 aliphatic rings. The van der Waals surface area contributed by atoms with E-state index in [0.717, 1.165) is 69.9 Å². The fourth-order valence-electron chi connectivity index (χ4n) is 4.09. The van der Waals surface area contributed by atoms with Gasteiger partial charge in [0.05, 0.1) is 12.8 Å². The number of methoxy groups -OCH3 is 1. The summed E-state index contributed by atoms with van der Waals surface area (Å²) < 4.78 is 10.6. The third kappa shape index (κ3) is 4.16. The first-order valence-electron chi connectivity index (χ1n) is 9.84. The SMILES string of the molecule is COc1ccc(CN2CCC[C@@H](c3cc(C(=O)N4CCCC4)on3)C2)cc1. The molecule has 2 saturated heterocycles. The van der Waals surface area contributed by atoms with Crippen LogP contribution in [0.3, 0.4) is 0 Å². The van der Waals surface area contributed by atoms with E-state index in [2.05, 4.69) is 22.2 Å². The minimum Gasteiger partial charge on any atom is -0.497 e. The Bertz CT molecular complexity index is 765. The molecule has 2 fully saturated rings. The molecule has 2 aliphatic heterocycles. The summed E-state index contributed by atoms with van der Waals surface area (Å²) in [6.07, 6.45) is 4.37. The van der Waals surface area contributed by atoms with E-state index >= 15 is 0 Å². The Balaban J connectivity index is 1.38. The molecule has 3 heterocycles. The molecule has 144 valence electrons. The van der Waals surface area contributed by atoms with Gasteiger partial charge in [0, 0.05) is 38.2 Å². The summed E-state index contributed by atoms with van der Waals surface area (Å²) in [5, 5.41) is 4.23. The Morgan fingerprint density at radius 1 is 1.19 bits per heavy atom. The third-order valence-corrected chi connectivity index (χ3v) is 5.62. The minimum atomic E-state index is -0.0165. The van der Waals surface area contributed by atoms with Crippen LogP contribution in [0.1, 0.15) is 53.4 Å². The van der Waals surface area contributed by atoms with Crippen LogP contribution in [-0.2, 0) is 6.54 Å². The number of piperidine rings is 1. The van der Waals surface area contributed by atoms with Crippen molar-refractivity contribution in [3.05, 3.63) is 47.3 Å². The predicted octanol–water partition coefficient (Wildman–Crippen LogP) is 3.30. The number of nitrogens with zero attached hydrogens (tertiary/aromatic N) is 3. The monoisotopic (exact) mass is 369 g/mol. The second-order valence-corrected chi connectivity index (χ2v) is 7.54. The Labute approximate surface area is 160 Å². The maximum atomic E-state index is 12.5. The van der Waals surface area contributed by atoms with Crippen LogP contribution in [0.25, 0.3) is 0 Å². The molecule has 0 N–H and O–H groups in total. The summed E-state index contributed by atoms with van der Waals surface area (Å²) in [4.78, 5) is 16.8. The van der Waals surface area contributed by atoms with Crippen LogP contribution in [0.2, 0.25) is 0 Å². The van der Waals surface area contributed by atoms with E-state index in [4.69, 9.17) is 9.26 Å². The average Bonchev–Trinajstić information content (AvgIpc) is 3.41. The third-order valence-electron chi connectivity index (χ3n) is 5.62. The highest BCUT2D eigenvalue weighted by molar-refractivity contribution is 5.91. The molecule has 27 heavy (non-hydrogen) atoms. The van der Waals surface area contributed by atoms with Gasteiger partial charge < -0.3 is 14.2 Å². The van der Waals surface area contributed by atoms with Gasteiger partial charge in [-0.1, -0.05) is 17.3 Å². The van der Waals surface area contributed by atoms with Gasteiger partial charge in [0.1, 0.15) is 5.75 Å². The second-order valence-electron chi connectivity index (χ2n) is 7.54. The van der Waals surface area contributed by atoms with Crippen molar-refractivity contribution in [2.45, 2.75) is 38.1 Å². The number of hydrogen-bond acceptors (Lipinski definition) is 5. The Kier molecular flexibility index (Phi) is 5.43. The number of ether oxygens (including phenoxy) is 1. The highest BCUT2D eigenvalue weighted by atomic mass is 16.5. The van der Waals surface area contributed by atoms with Crippen molar-refractivity contribution >= 4 is 5.91 Å². The number of likely N-dealkylation sites (tertiary alicyclic amines) is 2. The van der Waals surface area contributed by atoms with Gasteiger partial charge in [0.25, 0.3) is 5.91 Å². The lowest BCUT2D eigenvalue weighted by molar-refractivity contribution is 0.0751. The van der Waals surface area contributed by atoms with Gasteiger partial charge in [-0.3, -0.25) is 9.69 Å². The maximum absolute atomic E-state index is 12.5. The highest BCUT2D eigenvalue weighted by Crippen LogP contribution is 2.28. The Morgan fingerprint density at radius 3 is 2.70 bits per heavy atom. The molecule has 1 aromatic carbocycles. The van der Waals surface area contributed by atoms with Crippen molar-refractivity contribution in [2.75, 3.05) is 33.3 Å². The molecule has 0 radical (unpaired) electrons. The molecular formula is C21H27N3O3. The van der Waals surface area contributed by atoms with Gasteiger partial charge in [0.2, 0.25) is 5.76 Å². The lowest BCUT2D eigenvalue weighted by Gasteiger charge is -2.31. The van der Waals surface area contributed by atoms with Crippen molar-refractivity contribution in [3.63, 3.8) is 0 Å². The van der Waals surface area contributed by atoms with Crippen LogP contribution in [0, 0.1) is 0 Å². The Hall–Kier alpha value is -2.34. The second kappa shape index (κ2) is 8.13. The van der Waals surface area contributed by atoms with Crippen molar-refractivity contribution in [3.8, 4) is 5.75 Å². The molecule has 6 nitrogen and oxygen atoms in total. The largest absolute Gasteiger partial charge is 0.497 e. The molecular weight excluding hydrogens is 342 g/mol. The van der Waals surface area contributed by atoms with Gasteiger partial charge in [-0.15, -0.1) is 0 Å². The molecule has 0 spiro atoms. The van der Waals surface area contributed by atoms with Gasteiger partial charge in [-0.05, 0) is 49.9 Å². The first kappa shape index (κ1) is 18.0. The van der Waals surface area contributed by atoms with Crippen molar-refractivity contribution in [2.24, 2.45) is 0 Å².